The average Bonchev–Trinajstić information content (AvgIpc) is 2.68. The van der Waals surface area contributed by atoms with Crippen LogP contribution in [0.1, 0.15) is 12.5 Å². The number of nitrogens with zero attached hydrogens (tertiary/aromatic N) is 1. The largest absolute Gasteiger partial charge is 0.481 e. The third kappa shape index (κ3) is 2.88. The van der Waals surface area contributed by atoms with Gasteiger partial charge in [0.05, 0.1) is 6.42 Å². The average molecular weight is 263 g/mol. The van der Waals surface area contributed by atoms with Crippen LogP contribution in [-0.4, -0.2) is 27.1 Å². The maximum Gasteiger partial charge on any atom is 0.307 e. The third-order valence-electron chi connectivity index (χ3n) is 2.89. The first kappa shape index (κ1) is 13.0. The molecule has 0 fully saturated rings. The van der Waals surface area contributed by atoms with E-state index in [-0.39, 0.29) is 6.42 Å². The van der Waals surface area contributed by atoms with E-state index in [9.17, 15) is 4.79 Å². The Kier molecular flexibility index (Phi) is 4.31. The molecule has 1 aromatic carbocycles. The van der Waals surface area contributed by atoms with Crippen LogP contribution in [0.3, 0.4) is 0 Å². The van der Waals surface area contributed by atoms with Crippen molar-refractivity contribution in [3.8, 4) is 0 Å². The highest BCUT2D eigenvalue weighted by atomic mass is 32.2. The first-order valence-corrected chi connectivity index (χ1v) is 7.24. The van der Waals surface area contributed by atoms with Crippen molar-refractivity contribution in [3.63, 3.8) is 0 Å². The Morgan fingerprint density at radius 2 is 2.17 bits per heavy atom. The molecule has 0 saturated carbocycles. The number of benzene rings is 1. The van der Waals surface area contributed by atoms with Gasteiger partial charge in [-0.3, -0.25) is 4.79 Å². The van der Waals surface area contributed by atoms with Crippen molar-refractivity contribution in [1.82, 2.24) is 4.57 Å². The summed E-state index contributed by atoms with van der Waals surface area (Å²) in [5.74, 6) is 1.39. The van der Waals surface area contributed by atoms with E-state index in [0.717, 1.165) is 34.5 Å². The number of carboxylic acids is 1. The van der Waals surface area contributed by atoms with Gasteiger partial charge in [0.25, 0.3) is 0 Å². The molecule has 0 bridgehead atoms. The molecule has 0 aliphatic rings. The number of para-hydroxylation sites is 1. The van der Waals surface area contributed by atoms with Crippen molar-refractivity contribution >= 4 is 28.6 Å². The molecule has 1 heterocycles. The van der Waals surface area contributed by atoms with E-state index in [0.29, 0.717) is 0 Å². The Hall–Kier alpha value is -1.42. The molecule has 0 aliphatic heterocycles. The first-order chi connectivity index (χ1) is 8.72. The zero-order valence-corrected chi connectivity index (χ0v) is 11.2. The molecule has 0 spiro atoms. The molecule has 1 N–H and O–H groups in total. The van der Waals surface area contributed by atoms with Crippen molar-refractivity contribution in [3.05, 3.63) is 36.0 Å². The van der Waals surface area contributed by atoms with E-state index in [1.165, 1.54) is 0 Å². The van der Waals surface area contributed by atoms with Crippen molar-refractivity contribution in [2.45, 2.75) is 19.9 Å². The van der Waals surface area contributed by atoms with Gasteiger partial charge in [-0.2, -0.15) is 11.8 Å². The van der Waals surface area contributed by atoms with Gasteiger partial charge in [0.15, 0.2) is 0 Å². The number of carbonyl (C=O) groups is 1. The predicted molar refractivity (Wildman–Crippen MR) is 76.3 cm³/mol. The number of hydrogen-bond donors (Lipinski definition) is 1. The van der Waals surface area contributed by atoms with Crippen LogP contribution < -0.4 is 0 Å². The number of thioether (sulfide) groups is 1. The quantitative estimate of drug-likeness (QED) is 0.815. The zero-order chi connectivity index (χ0) is 13.0. The fourth-order valence-corrected chi connectivity index (χ4v) is 2.73. The second-order valence-electron chi connectivity index (χ2n) is 4.13. The summed E-state index contributed by atoms with van der Waals surface area (Å²) in [7, 11) is 0. The number of aryl methyl sites for hydroxylation is 1. The van der Waals surface area contributed by atoms with E-state index >= 15 is 0 Å². The minimum absolute atomic E-state index is 0.0917. The first-order valence-electron chi connectivity index (χ1n) is 6.08. The monoisotopic (exact) mass is 263 g/mol. The zero-order valence-electron chi connectivity index (χ0n) is 10.4. The molecule has 0 amide bonds. The second-order valence-corrected chi connectivity index (χ2v) is 5.53. The normalized spacial score (nSPS) is 10.9. The summed E-state index contributed by atoms with van der Waals surface area (Å²) >= 11 is 1.90. The van der Waals surface area contributed by atoms with Crippen LogP contribution in [0.2, 0.25) is 0 Å². The van der Waals surface area contributed by atoms with Crippen LogP contribution in [0, 0.1) is 0 Å². The van der Waals surface area contributed by atoms with Gasteiger partial charge in [0.1, 0.15) is 0 Å². The highest BCUT2D eigenvalue weighted by molar-refractivity contribution is 7.99. The van der Waals surface area contributed by atoms with Crippen LogP contribution in [-0.2, 0) is 17.8 Å². The number of hydrogen-bond acceptors (Lipinski definition) is 2. The van der Waals surface area contributed by atoms with Gasteiger partial charge in [0, 0.05) is 29.4 Å². The maximum atomic E-state index is 10.9. The lowest BCUT2D eigenvalue weighted by Gasteiger charge is -2.03. The molecule has 0 atom stereocenters. The van der Waals surface area contributed by atoms with Gasteiger partial charge in [0.2, 0.25) is 0 Å². The predicted octanol–water partition coefficient (Wildman–Crippen LogP) is 3.02. The molecule has 2 rings (SSSR count). The highest BCUT2D eigenvalue weighted by Gasteiger charge is 2.10. The van der Waals surface area contributed by atoms with Gasteiger partial charge in [-0.05, 0) is 17.4 Å². The number of aliphatic carboxylic acids is 1. The fraction of sp³-hybridized carbons (Fsp3) is 0.357. The fourth-order valence-electron chi connectivity index (χ4n) is 2.12. The third-order valence-corrected chi connectivity index (χ3v) is 3.77. The molecule has 1 aromatic heterocycles. The lowest BCUT2D eigenvalue weighted by molar-refractivity contribution is -0.136. The minimum Gasteiger partial charge on any atom is -0.481 e. The van der Waals surface area contributed by atoms with E-state index in [2.05, 4.69) is 17.6 Å². The van der Waals surface area contributed by atoms with Crippen LogP contribution in [0.5, 0.6) is 0 Å². The summed E-state index contributed by atoms with van der Waals surface area (Å²) in [6.45, 7) is 3.08. The van der Waals surface area contributed by atoms with Gasteiger partial charge in [-0.15, -0.1) is 0 Å². The van der Waals surface area contributed by atoms with Crippen LogP contribution in [0.15, 0.2) is 30.5 Å². The van der Waals surface area contributed by atoms with Crippen LogP contribution >= 0.6 is 11.8 Å². The summed E-state index contributed by atoms with van der Waals surface area (Å²) in [4.78, 5) is 10.9. The Morgan fingerprint density at radius 1 is 1.39 bits per heavy atom. The van der Waals surface area contributed by atoms with Gasteiger partial charge >= 0.3 is 5.97 Å². The molecular weight excluding hydrogens is 246 g/mol. The van der Waals surface area contributed by atoms with Crippen molar-refractivity contribution in [2.75, 3.05) is 11.5 Å². The smallest absolute Gasteiger partial charge is 0.307 e. The number of carboxylic acid groups (broad SMARTS) is 1. The molecule has 3 nitrogen and oxygen atoms in total. The van der Waals surface area contributed by atoms with Crippen LogP contribution in [0.25, 0.3) is 10.9 Å². The van der Waals surface area contributed by atoms with Crippen molar-refractivity contribution in [1.29, 1.82) is 0 Å². The van der Waals surface area contributed by atoms with E-state index < -0.39 is 5.97 Å². The molecule has 4 heteroatoms. The molecule has 0 radical (unpaired) electrons. The molecule has 96 valence electrons. The topological polar surface area (TPSA) is 42.2 Å². The van der Waals surface area contributed by atoms with E-state index in [1.807, 2.05) is 36.2 Å². The number of fused-ring (bicyclic) bond motifs is 1. The van der Waals surface area contributed by atoms with Gasteiger partial charge in [-0.1, -0.05) is 25.1 Å². The van der Waals surface area contributed by atoms with E-state index in [4.69, 9.17) is 5.11 Å². The lowest BCUT2D eigenvalue weighted by Crippen LogP contribution is -2.00. The van der Waals surface area contributed by atoms with Crippen LogP contribution in [0.4, 0.5) is 0 Å². The molecular formula is C14H17NO2S. The molecule has 0 saturated heterocycles. The summed E-state index contributed by atoms with van der Waals surface area (Å²) in [6.07, 6.45) is 2.07. The number of rotatable bonds is 6. The highest BCUT2D eigenvalue weighted by Crippen LogP contribution is 2.22. The Labute approximate surface area is 111 Å². The number of aromatic nitrogens is 1. The minimum atomic E-state index is -0.777. The molecule has 2 aromatic rings. The maximum absolute atomic E-state index is 10.9. The van der Waals surface area contributed by atoms with Gasteiger partial charge < -0.3 is 9.67 Å². The summed E-state index contributed by atoms with van der Waals surface area (Å²) in [5, 5.41) is 9.99. The van der Waals surface area contributed by atoms with Crippen molar-refractivity contribution in [2.24, 2.45) is 0 Å². The molecule has 0 unspecified atom stereocenters. The molecule has 18 heavy (non-hydrogen) atoms. The SMILES string of the molecule is CCSCCn1cc(CC(=O)O)c2ccccc21. The van der Waals surface area contributed by atoms with Gasteiger partial charge in [-0.25, -0.2) is 0 Å². The summed E-state index contributed by atoms with van der Waals surface area (Å²) < 4.78 is 2.16. The summed E-state index contributed by atoms with van der Waals surface area (Å²) in [6, 6.07) is 8.00. The lowest BCUT2D eigenvalue weighted by atomic mass is 10.1. The Bertz CT molecular complexity index is 548. The van der Waals surface area contributed by atoms with Crippen molar-refractivity contribution < 1.29 is 9.90 Å². The Morgan fingerprint density at radius 3 is 2.89 bits per heavy atom. The second kappa shape index (κ2) is 5.96. The van der Waals surface area contributed by atoms with E-state index in [1.54, 1.807) is 0 Å². The molecule has 0 aliphatic carbocycles. The Balaban J connectivity index is 2.31. The standard InChI is InChI=1S/C14H17NO2S/c1-2-18-8-7-15-10-11(9-14(16)17)12-5-3-4-6-13(12)15/h3-6,10H,2,7-9H2,1H3,(H,16,17). The summed E-state index contributed by atoms with van der Waals surface area (Å²) in [5.41, 5.74) is 2.03.